The number of benzene rings is 2. The Kier molecular flexibility index (Phi) is 4.72. The number of nitrogens with one attached hydrogen (secondary N) is 2. The average molecular weight is 351 g/mol. The Balaban J connectivity index is 1.74. The van der Waals surface area contributed by atoms with E-state index in [-0.39, 0.29) is 11.9 Å². The molecule has 0 unspecified atom stereocenters. The summed E-state index contributed by atoms with van der Waals surface area (Å²) < 4.78 is 0. The van der Waals surface area contributed by atoms with E-state index >= 15 is 0 Å². The van der Waals surface area contributed by atoms with Crippen molar-refractivity contribution in [1.82, 2.24) is 0 Å². The third-order valence-electron chi connectivity index (χ3n) is 4.40. The van der Waals surface area contributed by atoms with Gasteiger partial charge in [-0.05, 0) is 48.7 Å². The summed E-state index contributed by atoms with van der Waals surface area (Å²) in [6.07, 6.45) is 0.840. The van der Waals surface area contributed by atoms with Crippen molar-refractivity contribution in [2.24, 2.45) is 5.41 Å². The van der Waals surface area contributed by atoms with Gasteiger partial charge in [0.15, 0.2) is 0 Å². The number of nitrogens with zero attached hydrogens (tertiary/aromatic N) is 1. The predicted molar refractivity (Wildman–Crippen MR) is 106 cm³/mol. The molecular weight excluding hydrogens is 326 g/mol. The maximum atomic E-state index is 12.7. The van der Waals surface area contributed by atoms with Gasteiger partial charge >= 0.3 is 6.03 Å². The Hall–Kier alpha value is -2.82. The van der Waals surface area contributed by atoms with Crippen molar-refractivity contribution < 1.29 is 9.59 Å². The molecule has 2 aromatic carbocycles. The summed E-state index contributed by atoms with van der Waals surface area (Å²) >= 11 is 0. The maximum Gasteiger partial charge on any atom is 0.323 e. The minimum absolute atomic E-state index is 0.0950. The van der Waals surface area contributed by atoms with E-state index in [2.05, 4.69) is 10.6 Å². The summed E-state index contributed by atoms with van der Waals surface area (Å²) in [7, 11) is 0. The molecule has 0 fully saturated rings. The molecule has 3 amide bonds. The highest BCUT2D eigenvalue weighted by Gasteiger charge is 2.32. The third kappa shape index (κ3) is 3.87. The molecule has 0 aromatic heterocycles. The predicted octanol–water partition coefficient (Wildman–Crippen LogP) is 4.57. The van der Waals surface area contributed by atoms with Crippen LogP contribution in [0.2, 0.25) is 0 Å². The molecule has 5 nitrogen and oxygen atoms in total. The Morgan fingerprint density at radius 2 is 1.69 bits per heavy atom. The molecule has 2 aromatic rings. The van der Waals surface area contributed by atoms with Crippen molar-refractivity contribution in [3.8, 4) is 0 Å². The number of fused-ring (bicyclic) bond motifs is 1. The summed E-state index contributed by atoms with van der Waals surface area (Å²) in [5.74, 6) is 0.0950. The molecule has 1 heterocycles. The van der Waals surface area contributed by atoms with Crippen LogP contribution in [-0.2, 0) is 11.2 Å². The van der Waals surface area contributed by atoms with Crippen molar-refractivity contribution in [1.29, 1.82) is 0 Å². The molecule has 0 aliphatic carbocycles. The molecule has 1 aliphatic rings. The lowest BCUT2D eigenvalue weighted by atomic mass is 9.94. The van der Waals surface area contributed by atoms with E-state index in [0.29, 0.717) is 12.2 Å². The molecule has 5 heteroatoms. The number of rotatable bonds is 2. The molecule has 26 heavy (non-hydrogen) atoms. The zero-order valence-corrected chi connectivity index (χ0v) is 15.7. The number of carbonyl (C=O) groups excluding carboxylic acids is 2. The van der Waals surface area contributed by atoms with Gasteiger partial charge in [0.2, 0.25) is 5.91 Å². The van der Waals surface area contributed by atoms with Crippen LogP contribution in [0, 0.1) is 12.3 Å². The number of hydrogen-bond acceptors (Lipinski definition) is 2. The second-order valence-corrected chi connectivity index (χ2v) is 7.75. The van der Waals surface area contributed by atoms with Gasteiger partial charge in [0.1, 0.15) is 0 Å². The molecule has 0 saturated carbocycles. The summed E-state index contributed by atoms with van der Waals surface area (Å²) in [5.41, 5.74) is 4.08. The van der Waals surface area contributed by atoms with E-state index in [1.54, 1.807) is 0 Å². The molecule has 3 rings (SSSR count). The molecule has 0 bridgehead atoms. The smallest absolute Gasteiger partial charge is 0.311 e. The average Bonchev–Trinajstić information content (AvgIpc) is 2.96. The van der Waals surface area contributed by atoms with E-state index in [1.807, 2.05) is 75.1 Å². The first kappa shape index (κ1) is 18.0. The third-order valence-corrected chi connectivity index (χ3v) is 4.40. The molecule has 2 N–H and O–H groups in total. The van der Waals surface area contributed by atoms with Crippen LogP contribution in [0.5, 0.6) is 0 Å². The first-order valence-electron chi connectivity index (χ1n) is 8.83. The van der Waals surface area contributed by atoms with Crippen LogP contribution >= 0.6 is 0 Å². The van der Waals surface area contributed by atoms with E-state index in [9.17, 15) is 9.59 Å². The van der Waals surface area contributed by atoms with Crippen LogP contribution in [-0.4, -0.2) is 18.5 Å². The monoisotopic (exact) mass is 351 g/mol. The molecule has 0 saturated heterocycles. The number of anilines is 3. The van der Waals surface area contributed by atoms with Crippen LogP contribution in [0.4, 0.5) is 21.9 Å². The van der Waals surface area contributed by atoms with Gasteiger partial charge < -0.3 is 15.5 Å². The standard InChI is InChI=1S/C21H25N3O2/c1-14-6-5-7-16(12-14)22-20(26)23-17-9-8-15-10-11-24(18(15)13-17)19(25)21(2,3)4/h5-9,12-13H,10-11H2,1-4H3,(H2,22,23,26). The van der Waals surface area contributed by atoms with Gasteiger partial charge in [-0.3, -0.25) is 4.79 Å². The quantitative estimate of drug-likeness (QED) is 0.832. The van der Waals surface area contributed by atoms with E-state index in [1.165, 1.54) is 0 Å². The Morgan fingerprint density at radius 3 is 2.35 bits per heavy atom. The minimum atomic E-state index is -0.437. The lowest BCUT2D eigenvalue weighted by Crippen LogP contribution is -2.38. The van der Waals surface area contributed by atoms with E-state index < -0.39 is 5.41 Å². The van der Waals surface area contributed by atoms with Gasteiger partial charge in [0.05, 0.1) is 0 Å². The van der Waals surface area contributed by atoms with Gasteiger partial charge in [-0.2, -0.15) is 0 Å². The highest BCUT2D eigenvalue weighted by atomic mass is 16.2. The number of hydrogen-bond donors (Lipinski definition) is 2. The SMILES string of the molecule is Cc1cccc(NC(=O)Nc2ccc3c(c2)N(C(=O)C(C)(C)C)CC3)c1. The van der Waals surface area contributed by atoms with Crippen LogP contribution in [0.3, 0.4) is 0 Å². The molecule has 136 valence electrons. The molecular formula is C21H25N3O2. The number of amides is 3. The Bertz CT molecular complexity index is 853. The Morgan fingerprint density at radius 1 is 1.00 bits per heavy atom. The number of aryl methyl sites for hydroxylation is 1. The zero-order chi connectivity index (χ0) is 18.9. The van der Waals surface area contributed by atoms with Crippen molar-refractivity contribution in [3.05, 3.63) is 53.6 Å². The largest absolute Gasteiger partial charge is 0.323 e. The molecule has 0 spiro atoms. The summed E-state index contributed by atoms with van der Waals surface area (Å²) in [6, 6.07) is 13.1. The second kappa shape index (κ2) is 6.83. The number of urea groups is 1. The van der Waals surface area contributed by atoms with E-state index in [4.69, 9.17) is 0 Å². The fraction of sp³-hybridized carbons (Fsp3) is 0.333. The summed E-state index contributed by atoms with van der Waals surface area (Å²) in [6.45, 7) is 8.43. The van der Waals surface area contributed by atoms with Crippen LogP contribution in [0.25, 0.3) is 0 Å². The van der Waals surface area contributed by atoms with Gasteiger partial charge in [-0.1, -0.05) is 39.0 Å². The van der Waals surface area contributed by atoms with Gasteiger partial charge in [-0.25, -0.2) is 4.79 Å². The Labute approximate surface area is 154 Å². The van der Waals surface area contributed by atoms with Crippen molar-refractivity contribution >= 4 is 29.0 Å². The van der Waals surface area contributed by atoms with Gasteiger partial charge in [0, 0.05) is 29.0 Å². The summed E-state index contributed by atoms with van der Waals surface area (Å²) in [5, 5.41) is 5.68. The van der Waals surface area contributed by atoms with Crippen LogP contribution in [0.15, 0.2) is 42.5 Å². The van der Waals surface area contributed by atoms with Gasteiger partial charge in [-0.15, -0.1) is 0 Å². The van der Waals surface area contributed by atoms with Crippen molar-refractivity contribution in [3.63, 3.8) is 0 Å². The molecule has 0 atom stereocenters. The zero-order valence-electron chi connectivity index (χ0n) is 15.7. The number of carbonyl (C=O) groups is 2. The molecule has 1 aliphatic heterocycles. The fourth-order valence-electron chi connectivity index (χ4n) is 3.09. The second-order valence-electron chi connectivity index (χ2n) is 7.75. The summed E-state index contributed by atoms with van der Waals surface area (Å²) in [4.78, 5) is 26.7. The van der Waals surface area contributed by atoms with Crippen LogP contribution < -0.4 is 15.5 Å². The first-order chi connectivity index (χ1) is 12.2. The van der Waals surface area contributed by atoms with Crippen molar-refractivity contribution in [2.45, 2.75) is 34.1 Å². The topological polar surface area (TPSA) is 61.4 Å². The van der Waals surface area contributed by atoms with Gasteiger partial charge in [0.25, 0.3) is 0 Å². The minimum Gasteiger partial charge on any atom is -0.311 e. The first-order valence-corrected chi connectivity index (χ1v) is 8.83. The fourth-order valence-corrected chi connectivity index (χ4v) is 3.09. The normalized spacial score (nSPS) is 13.3. The lowest BCUT2D eigenvalue weighted by molar-refractivity contribution is -0.125. The lowest BCUT2D eigenvalue weighted by Gasteiger charge is -2.26. The molecule has 0 radical (unpaired) electrons. The van der Waals surface area contributed by atoms with Crippen molar-refractivity contribution in [2.75, 3.05) is 22.1 Å². The van der Waals surface area contributed by atoms with Crippen LogP contribution in [0.1, 0.15) is 31.9 Å². The highest BCUT2D eigenvalue weighted by Crippen LogP contribution is 2.34. The van der Waals surface area contributed by atoms with E-state index in [0.717, 1.165) is 28.9 Å². The maximum absolute atomic E-state index is 12.7. The highest BCUT2D eigenvalue weighted by molar-refractivity contribution is 6.02.